The molecular weight excluding hydrogens is 248 g/mol. The molecule has 8 heteroatoms. The summed E-state index contributed by atoms with van der Waals surface area (Å²) in [6, 6.07) is 0. The Bertz CT molecular complexity index is 362. The van der Waals surface area contributed by atoms with Crippen LogP contribution < -0.4 is 0 Å². The molecular formula is C9H18N2O5S. The Morgan fingerprint density at radius 2 is 1.94 bits per heavy atom. The predicted molar refractivity (Wildman–Crippen MR) is 60.6 cm³/mol. The molecule has 1 aliphatic heterocycles. The molecule has 0 aromatic heterocycles. The summed E-state index contributed by atoms with van der Waals surface area (Å²) >= 11 is 0. The second kappa shape index (κ2) is 5.76. The van der Waals surface area contributed by atoms with Crippen LogP contribution in [0.4, 0.5) is 0 Å². The first kappa shape index (κ1) is 14.4. The van der Waals surface area contributed by atoms with Crippen LogP contribution >= 0.6 is 0 Å². The summed E-state index contributed by atoms with van der Waals surface area (Å²) in [6.45, 7) is 0.243. The number of piperidine rings is 1. The van der Waals surface area contributed by atoms with E-state index in [0.717, 1.165) is 4.31 Å². The maximum atomic E-state index is 11.9. The molecule has 100 valence electrons. The van der Waals surface area contributed by atoms with Crippen molar-refractivity contribution in [2.45, 2.75) is 12.8 Å². The van der Waals surface area contributed by atoms with Crippen LogP contribution in [0.25, 0.3) is 0 Å². The number of likely N-dealkylation sites (N-methyl/N-ethyl adjacent to an activating group) is 1. The lowest BCUT2D eigenvalue weighted by atomic mass is 9.99. The van der Waals surface area contributed by atoms with Crippen molar-refractivity contribution in [1.29, 1.82) is 0 Å². The first-order valence-electron chi connectivity index (χ1n) is 5.44. The third-order valence-corrected chi connectivity index (χ3v) is 4.93. The number of carboxylic acids is 1. The van der Waals surface area contributed by atoms with Crippen molar-refractivity contribution in [3.05, 3.63) is 0 Å². The van der Waals surface area contributed by atoms with Gasteiger partial charge >= 0.3 is 5.97 Å². The first-order valence-corrected chi connectivity index (χ1v) is 6.84. The minimum Gasteiger partial charge on any atom is -0.481 e. The van der Waals surface area contributed by atoms with E-state index in [1.807, 2.05) is 0 Å². The largest absolute Gasteiger partial charge is 0.481 e. The van der Waals surface area contributed by atoms with Gasteiger partial charge in [-0.3, -0.25) is 4.79 Å². The molecule has 0 aliphatic carbocycles. The van der Waals surface area contributed by atoms with E-state index in [9.17, 15) is 13.2 Å². The van der Waals surface area contributed by atoms with Gasteiger partial charge in [-0.15, -0.1) is 0 Å². The van der Waals surface area contributed by atoms with Crippen molar-refractivity contribution in [2.24, 2.45) is 5.92 Å². The minimum absolute atomic E-state index is 0.0428. The highest BCUT2D eigenvalue weighted by Gasteiger charge is 2.32. The monoisotopic (exact) mass is 266 g/mol. The molecule has 0 saturated carbocycles. The maximum absolute atomic E-state index is 11.9. The Balaban J connectivity index is 2.61. The second-order valence-corrected chi connectivity index (χ2v) is 6.10. The van der Waals surface area contributed by atoms with Crippen LogP contribution in [-0.4, -0.2) is 66.5 Å². The van der Waals surface area contributed by atoms with Crippen molar-refractivity contribution in [1.82, 2.24) is 8.61 Å². The third-order valence-electron chi connectivity index (χ3n) is 2.94. The summed E-state index contributed by atoms with van der Waals surface area (Å²) < 4.78 is 26.2. The van der Waals surface area contributed by atoms with Gasteiger partial charge in [0.05, 0.1) is 12.5 Å². The summed E-state index contributed by atoms with van der Waals surface area (Å²) in [5.41, 5.74) is 0. The second-order valence-electron chi connectivity index (χ2n) is 4.06. The van der Waals surface area contributed by atoms with Gasteiger partial charge in [0, 0.05) is 26.7 Å². The SMILES string of the molecule is CN(CCO)S(=O)(=O)N1CCC(C(=O)O)CC1. The van der Waals surface area contributed by atoms with E-state index in [0.29, 0.717) is 12.8 Å². The molecule has 0 unspecified atom stereocenters. The molecule has 17 heavy (non-hydrogen) atoms. The Morgan fingerprint density at radius 3 is 2.35 bits per heavy atom. The smallest absolute Gasteiger partial charge is 0.306 e. The van der Waals surface area contributed by atoms with E-state index < -0.39 is 22.1 Å². The molecule has 0 aromatic carbocycles. The number of aliphatic carboxylic acids is 1. The lowest BCUT2D eigenvalue weighted by molar-refractivity contribution is -0.142. The molecule has 1 heterocycles. The molecule has 7 nitrogen and oxygen atoms in total. The normalized spacial score (nSPS) is 19.7. The Hall–Kier alpha value is -0.700. The zero-order chi connectivity index (χ0) is 13.1. The molecule has 2 N–H and O–H groups in total. The van der Waals surface area contributed by atoms with E-state index in [-0.39, 0.29) is 26.2 Å². The zero-order valence-electron chi connectivity index (χ0n) is 9.74. The fraction of sp³-hybridized carbons (Fsp3) is 0.889. The predicted octanol–water partition coefficient (Wildman–Crippen LogP) is -1.05. The van der Waals surface area contributed by atoms with E-state index >= 15 is 0 Å². The first-order chi connectivity index (χ1) is 7.89. The molecule has 1 fully saturated rings. The average Bonchev–Trinajstić information content (AvgIpc) is 2.29. The maximum Gasteiger partial charge on any atom is 0.306 e. The van der Waals surface area contributed by atoms with Crippen molar-refractivity contribution in [3.8, 4) is 0 Å². The quantitative estimate of drug-likeness (QED) is 0.662. The Morgan fingerprint density at radius 1 is 1.41 bits per heavy atom. The van der Waals surface area contributed by atoms with E-state index in [4.69, 9.17) is 10.2 Å². The molecule has 1 aliphatic rings. The number of carboxylic acid groups (broad SMARTS) is 1. The molecule has 0 atom stereocenters. The van der Waals surface area contributed by atoms with Crippen molar-refractivity contribution in [2.75, 3.05) is 33.3 Å². The van der Waals surface area contributed by atoms with Crippen LogP contribution in [0.15, 0.2) is 0 Å². The molecule has 1 rings (SSSR count). The summed E-state index contributed by atoms with van der Waals surface area (Å²) in [5, 5.41) is 17.5. The van der Waals surface area contributed by atoms with Crippen LogP contribution in [-0.2, 0) is 15.0 Å². The van der Waals surface area contributed by atoms with E-state index in [1.54, 1.807) is 0 Å². The average molecular weight is 266 g/mol. The van der Waals surface area contributed by atoms with Gasteiger partial charge < -0.3 is 10.2 Å². The third kappa shape index (κ3) is 3.38. The fourth-order valence-corrected chi connectivity index (χ4v) is 3.17. The van der Waals surface area contributed by atoms with Crippen LogP contribution in [0.5, 0.6) is 0 Å². The van der Waals surface area contributed by atoms with Gasteiger partial charge in [-0.25, -0.2) is 0 Å². The standard InChI is InChI=1S/C9H18N2O5S/c1-10(6-7-12)17(15,16)11-4-2-8(3-5-11)9(13)14/h8,12H,2-7H2,1H3,(H,13,14). The topological polar surface area (TPSA) is 98.2 Å². The van der Waals surface area contributed by atoms with E-state index in [2.05, 4.69) is 0 Å². The number of carbonyl (C=O) groups is 1. The van der Waals surface area contributed by atoms with Crippen LogP contribution in [0.3, 0.4) is 0 Å². The van der Waals surface area contributed by atoms with E-state index in [1.165, 1.54) is 11.4 Å². The lowest BCUT2D eigenvalue weighted by Gasteiger charge is -2.32. The summed E-state index contributed by atoms with van der Waals surface area (Å²) in [5.74, 6) is -1.32. The highest BCUT2D eigenvalue weighted by molar-refractivity contribution is 7.86. The molecule has 0 radical (unpaired) electrons. The number of nitrogens with zero attached hydrogens (tertiary/aromatic N) is 2. The van der Waals surface area contributed by atoms with Crippen molar-refractivity contribution < 1.29 is 23.4 Å². The minimum atomic E-state index is -3.56. The van der Waals surface area contributed by atoms with Crippen LogP contribution in [0.1, 0.15) is 12.8 Å². The van der Waals surface area contributed by atoms with Crippen molar-refractivity contribution in [3.63, 3.8) is 0 Å². The summed E-state index contributed by atoms with van der Waals surface area (Å²) in [4.78, 5) is 10.7. The molecule has 0 bridgehead atoms. The molecule has 1 saturated heterocycles. The Labute approximate surface area is 101 Å². The summed E-state index contributed by atoms with van der Waals surface area (Å²) in [6.07, 6.45) is 0.670. The van der Waals surface area contributed by atoms with Gasteiger partial charge in [0.2, 0.25) is 0 Å². The van der Waals surface area contributed by atoms with Crippen LogP contribution in [0, 0.1) is 5.92 Å². The van der Waals surface area contributed by atoms with Gasteiger partial charge in [-0.1, -0.05) is 0 Å². The highest BCUT2D eigenvalue weighted by atomic mass is 32.2. The van der Waals surface area contributed by atoms with Gasteiger partial charge in [0.15, 0.2) is 0 Å². The zero-order valence-corrected chi connectivity index (χ0v) is 10.6. The number of aliphatic hydroxyl groups excluding tert-OH is 1. The molecule has 0 spiro atoms. The molecule has 0 amide bonds. The highest BCUT2D eigenvalue weighted by Crippen LogP contribution is 2.20. The lowest BCUT2D eigenvalue weighted by Crippen LogP contribution is -2.47. The van der Waals surface area contributed by atoms with Crippen LogP contribution in [0.2, 0.25) is 0 Å². The van der Waals surface area contributed by atoms with Gasteiger partial charge in [0.25, 0.3) is 10.2 Å². The van der Waals surface area contributed by atoms with Gasteiger partial charge in [-0.2, -0.15) is 17.0 Å². The number of aliphatic hydroxyl groups is 1. The number of rotatable bonds is 5. The van der Waals surface area contributed by atoms with Gasteiger partial charge in [0.1, 0.15) is 0 Å². The number of hydrogen-bond acceptors (Lipinski definition) is 4. The summed E-state index contributed by atoms with van der Waals surface area (Å²) in [7, 11) is -2.16. The molecule has 0 aromatic rings. The fourth-order valence-electron chi connectivity index (χ4n) is 1.79. The Kier molecular flexibility index (Phi) is 4.87. The van der Waals surface area contributed by atoms with Crippen molar-refractivity contribution >= 4 is 16.2 Å². The number of hydrogen-bond donors (Lipinski definition) is 2. The van der Waals surface area contributed by atoms with Gasteiger partial charge in [-0.05, 0) is 12.8 Å².